The molecule has 0 radical (unpaired) electrons. The van der Waals surface area contributed by atoms with Crippen molar-refractivity contribution in [1.82, 2.24) is 14.5 Å². The molecule has 0 aromatic carbocycles. The maximum atomic E-state index is 12.2. The summed E-state index contributed by atoms with van der Waals surface area (Å²) in [7, 11) is -1.21. The molecule has 1 saturated heterocycles. The Balaban J connectivity index is 0.00000625. The van der Waals surface area contributed by atoms with Crippen LogP contribution in [0.3, 0.4) is 0 Å². The summed E-state index contributed by atoms with van der Waals surface area (Å²) in [5.41, 5.74) is 0. The molecule has 1 N–H and O–H groups in total. The van der Waals surface area contributed by atoms with Crippen molar-refractivity contribution in [3.05, 3.63) is 0 Å². The molecule has 0 aromatic rings. The molecule has 0 saturated carbocycles. The Kier molecular flexibility index (Phi) is 13.9. The maximum absolute atomic E-state index is 12.2. The number of ether oxygens (including phenoxy) is 1. The molecular weight excluding hydrogens is 467 g/mol. The van der Waals surface area contributed by atoms with Gasteiger partial charge in [0.15, 0.2) is 5.96 Å². The number of halogens is 1. The van der Waals surface area contributed by atoms with Gasteiger partial charge in [-0.05, 0) is 32.1 Å². The van der Waals surface area contributed by atoms with E-state index < -0.39 is 10.0 Å². The number of hydrogen-bond acceptors (Lipinski definition) is 4. The summed E-state index contributed by atoms with van der Waals surface area (Å²) < 4.78 is 31.4. The summed E-state index contributed by atoms with van der Waals surface area (Å²) in [6, 6.07) is 0. The van der Waals surface area contributed by atoms with Gasteiger partial charge in [-0.25, -0.2) is 12.7 Å². The molecule has 0 unspecified atom stereocenters. The van der Waals surface area contributed by atoms with Gasteiger partial charge in [0, 0.05) is 46.4 Å². The molecule has 1 rings (SSSR count). The highest BCUT2D eigenvalue weighted by Crippen LogP contribution is 2.18. The highest BCUT2D eigenvalue weighted by atomic mass is 127. The van der Waals surface area contributed by atoms with E-state index in [1.165, 1.54) is 4.31 Å². The molecular formula is C17H37IN4O3S. The van der Waals surface area contributed by atoms with Gasteiger partial charge < -0.3 is 15.0 Å². The van der Waals surface area contributed by atoms with Gasteiger partial charge in [0.25, 0.3) is 0 Å². The van der Waals surface area contributed by atoms with Gasteiger partial charge in [0.2, 0.25) is 10.0 Å². The lowest BCUT2D eigenvalue weighted by molar-refractivity contribution is 0.0625. The van der Waals surface area contributed by atoms with Crippen molar-refractivity contribution >= 4 is 40.0 Å². The van der Waals surface area contributed by atoms with Crippen LogP contribution in [0.2, 0.25) is 0 Å². The Morgan fingerprint density at radius 3 is 2.35 bits per heavy atom. The van der Waals surface area contributed by atoms with E-state index >= 15 is 0 Å². The molecule has 1 heterocycles. The molecule has 0 aromatic heterocycles. The Morgan fingerprint density at radius 1 is 1.19 bits per heavy atom. The monoisotopic (exact) mass is 504 g/mol. The number of sulfonamides is 1. The second-order valence-electron chi connectivity index (χ2n) is 6.40. The van der Waals surface area contributed by atoms with E-state index in [0.717, 1.165) is 51.5 Å². The van der Waals surface area contributed by atoms with Crippen LogP contribution in [0.4, 0.5) is 0 Å². The largest absolute Gasteiger partial charge is 0.381 e. The fourth-order valence-corrected chi connectivity index (χ4v) is 4.37. The fraction of sp³-hybridized carbons (Fsp3) is 0.941. The SMILES string of the molecule is CCNC(=NCCS(=O)(=O)N(CC)CC)N(C)CCC1CCOCC1.I. The van der Waals surface area contributed by atoms with E-state index in [4.69, 9.17) is 4.74 Å². The third-order valence-corrected chi connectivity index (χ3v) is 6.62. The summed E-state index contributed by atoms with van der Waals surface area (Å²) in [5.74, 6) is 1.55. The van der Waals surface area contributed by atoms with Crippen molar-refractivity contribution in [2.24, 2.45) is 10.9 Å². The number of aliphatic imine (C=N–C) groups is 1. The van der Waals surface area contributed by atoms with Crippen LogP contribution in [0, 0.1) is 5.92 Å². The van der Waals surface area contributed by atoms with Gasteiger partial charge in [-0.2, -0.15) is 0 Å². The first kappa shape index (κ1) is 25.9. The Bertz CT molecular complexity index is 492. The third kappa shape index (κ3) is 9.18. The van der Waals surface area contributed by atoms with Crippen LogP contribution in [0.5, 0.6) is 0 Å². The average molecular weight is 504 g/mol. The quantitative estimate of drug-likeness (QED) is 0.280. The first-order valence-corrected chi connectivity index (χ1v) is 11.1. The van der Waals surface area contributed by atoms with E-state index in [1.54, 1.807) is 0 Å². The minimum absolute atomic E-state index is 0. The molecule has 1 aliphatic heterocycles. The van der Waals surface area contributed by atoms with Gasteiger partial charge >= 0.3 is 0 Å². The van der Waals surface area contributed by atoms with Crippen molar-refractivity contribution in [2.45, 2.75) is 40.0 Å². The Labute approximate surface area is 177 Å². The molecule has 0 aliphatic carbocycles. The smallest absolute Gasteiger partial charge is 0.215 e. The van der Waals surface area contributed by atoms with E-state index in [0.29, 0.717) is 19.0 Å². The standard InChI is InChI=1S/C17H36N4O3S.HI/c1-5-18-17(19-11-15-25(22,23)21(6-2)7-3)20(4)12-8-16-9-13-24-14-10-16;/h16H,5-15H2,1-4H3,(H,18,19);1H. The molecule has 0 atom stereocenters. The molecule has 26 heavy (non-hydrogen) atoms. The molecule has 1 aliphatic rings. The van der Waals surface area contributed by atoms with Gasteiger partial charge in [-0.1, -0.05) is 13.8 Å². The minimum Gasteiger partial charge on any atom is -0.381 e. The number of hydrogen-bond donors (Lipinski definition) is 1. The topological polar surface area (TPSA) is 74.2 Å². The van der Waals surface area contributed by atoms with Gasteiger partial charge in [-0.15, -0.1) is 24.0 Å². The minimum atomic E-state index is -3.22. The van der Waals surface area contributed by atoms with Crippen molar-refractivity contribution in [3.63, 3.8) is 0 Å². The molecule has 1 fully saturated rings. The van der Waals surface area contributed by atoms with E-state index in [9.17, 15) is 8.42 Å². The highest BCUT2D eigenvalue weighted by Gasteiger charge is 2.19. The molecule has 7 nitrogen and oxygen atoms in total. The molecule has 9 heteroatoms. The number of rotatable bonds is 10. The zero-order valence-corrected chi connectivity index (χ0v) is 19.9. The lowest BCUT2D eigenvalue weighted by Gasteiger charge is -2.27. The van der Waals surface area contributed by atoms with Crippen molar-refractivity contribution < 1.29 is 13.2 Å². The van der Waals surface area contributed by atoms with Crippen LogP contribution in [0.25, 0.3) is 0 Å². The summed E-state index contributed by atoms with van der Waals surface area (Å²) in [4.78, 5) is 6.61. The predicted octanol–water partition coefficient (Wildman–Crippen LogP) is 1.99. The maximum Gasteiger partial charge on any atom is 0.215 e. The molecule has 0 bridgehead atoms. The van der Waals surface area contributed by atoms with Gasteiger partial charge in [0.05, 0.1) is 12.3 Å². The lowest BCUT2D eigenvalue weighted by atomic mass is 9.96. The summed E-state index contributed by atoms with van der Waals surface area (Å²) in [6.07, 6.45) is 3.37. The van der Waals surface area contributed by atoms with Crippen LogP contribution < -0.4 is 5.32 Å². The van der Waals surface area contributed by atoms with Gasteiger partial charge in [0.1, 0.15) is 0 Å². The zero-order chi connectivity index (χ0) is 18.7. The fourth-order valence-electron chi connectivity index (χ4n) is 3.00. The molecule has 0 spiro atoms. The number of nitrogens with zero attached hydrogens (tertiary/aromatic N) is 3. The number of nitrogens with one attached hydrogen (secondary N) is 1. The summed E-state index contributed by atoms with van der Waals surface area (Å²) in [5, 5.41) is 3.26. The van der Waals surface area contributed by atoms with Crippen molar-refractivity contribution in [2.75, 3.05) is 58.7 Å². The average Bonchev–Trinajstić information content (AvgIpc) is 2.60. The first-order valence-electron chi connectivity index (χ1n) is 9.49. The van der Waals surface area contributed by atoms with Crippen molar-refractivity contribution in [3.8, 4) is 0 Å². The van der Waals surface area contributed by atoms with Crippen LogP contribution in [0.1, 0.15) is 40.0 Å². The second kappa shape index (κ2) is 14.0. The molecule has 0 amide bonds. The highest BCUT2D eigenvalue weighted by molar-refractivity contribution is 14.0. The van der Waals surface area contributed by atoms with E-state index in [2.05, 4.69) is 15.2 Å². The normalized spacial score (nSPS) is 16.4. The summed E-state index contributed by atoms with van der Waals surface area (Å²) >= 11 is 0. The second-order valence-corrected chi connectivity index (χ2v) is 8.49. The van der Waals surface area contributed by atoms with Crippen LogP contribution >= 0.6 is 24.0 Å². The van der Waals surface area contributed by atoms with E-state index in [1.807, 2.05) is 27.8 Å². The first-order chi connectivity index (χ1) is 11.9. The van der Waals surface area contributed by atoms with Gasteiger partial charge in [-0.3, -0.25) is 4.99 Å². The summed E-state index contributed by atoms with van der Waals surface area (Å²) in [6.45, 7) is 10.5. The van der Waals surface area contributed by atoms with Crippen LogP contribution in [0.15, 0.2) is 4.99 Å². The molecule has 156 valence electrons. The Hall–Kier alpha value is -0.130. The van der Waals surface area contributed by atoms with Crippen molar-refractivity contribution in [1.29, 1.82) is 0 Å². The number of guanidine groups is 1. The third-order valence-electron chi connectivity index (χ3n) is 4.62. The Morgan fingerprint density at radius 2 is 1.81 bits per heavy atom. The lowest BCUT2D eigenvalue weighted by Crippen LogP contribution is -2.40. The predicted molar refractivity (Wildman–Crippen MR) is 119 cm³/mol. The van der Waals surface area contributed by atoms with Crippen LogP contribution in [-0.2, 0) is 14.8 Å². The zero-order valence-electron chi connectivity index (χ0n) is 16.7. The van der Waals surface area contributed by atoms with E-state index in [-0.39, 0.29) is 36.3 Å². The van der Waals surface area contributed by atoms with Crippen LogP contribution in [-0.4, -0.2) is 82.3 Å².